The van der Waals surface area contributed by atoms with Crippen LogP contribution in [-0.2, 0) is 24.8 Å². The number of imidazole rings is 1. The molecule has 2 aromatic rings. The number of nitrogens with one attached hydrogen (secondary N) is 1. The van der Waals surface area contributed by atoms with Crippen molar-refractivity contribution < 1.29 is 9.53 Å². The summed E-state index contributed by atoms with van der Waals surface area (Å²) in [5.74, 6) is 0.729. The average Bonchev–Trinajstić information content (AvgIpc) is 2.89. The quantitative estimate of drug-likeness (QED) is 0.640. The third kappa shape index (κ3) is 4.15. The van der Waals surface area contributed by atoms with Gasteiger partial charge in [-0.1, -0.05) is 22.0 Å². The molecule has 1 aromatic heterocycles. The van der Waals surface area contributed by atoms with E-state index in [0.29, 0.717) is 5.56 Å². The van der Waals surface area contributed by atoms with E-state index in [9.17, 15) is 4.79 Å². The summed E-state index contributed by atoms with van der Waals surface area (Å²) in [4.78, 5) is 15.7. The summed E-state index contributed by atoms with van der Waals surface area (Å²) < 4.78 is 7.61. The van der Waals surface area contributed by atoms with Gasteiger partial charge in [0.05, 0.1) is 12.7 Å². The van der Waals surface area contributed by atoms with Crippen molar-refractivity contribution in [1.82, 2.24) is 14.9 Å². The van der Waals surface area contributed by atoms with Crippen molar-refractivity contribution in [2.45, 2.75) is 13.0 Å². The molecular weight excluding hydrogens is 334 g/mol. The van der Waals surface area contributed by atoms with Gasteiger partial charge in [0.25, 0.3) is 0 Å². The molecule has 6 heteroatoms. The number of benzene rings is 1. The van der Waals surface area contributed by atoms with Crippen molar-refractivity contribution in [2.24, 2.45) is 7.05 Å². The minimum Gasteiger partial charge on any atom is -0.465 e. The number of ether oxygens (including phenoxy) is 1. The zero-order chi connectivity index (χ0) is 15.2. The fourth-order valence-electron chi connectivity index (χ4n) is 2.00. The highest BCUT2D eigenvalue weighted by Crippen LogP contribution is 2.19. The van der Waals surface area contributed by atoms with Gasteiger partial charge >= 0.3 is 5.97 Å². The molecule has 0 aliphatic heterocycles. The second-order valence-electron chi connectivity index (χ2n) is 4.68. The van der Waals surface area contributed by atoms with Gasteiger partial charge in [-0.3, -0.25) is 0 Å². The highest BCUT2D eigenvalue weighted by atomic mass is 79.9. The van der Waals surface area contributed by atoms with Crippen molar-refractivity contribution in [3.8, 4) is 0 Å². The zero-order valence-corrected chi connectivity index (χ0v) is 13.7. The van der Waals surface area contributed by atoms with Gasteiger partial charge in [-0.15, -0.1) is 0 Å². The number of hydrogen-bond acceptors (Lipinski definition) is 4. The lowest BCUT2D eigenvalue weighted by atomic mass is 10.1. The lowest BCUT2D eigenvalue weighted by Gasteiger charge is -2.08. The molecule has 0 spiro atoms. The lowest BCUT2D eigenvalue weighted by Crippen LogP contribution is -2.18. The second-order valence-corrected chi connectivity index (χ2v) is 5.53. The Morgan fingerprint density at radius 1 is 1.48 bits per heavy atom. The Balaban J connectivity index is 1.86. The molecule has 0 fully saturated rings. The third-order valence-electron chi connectivity index (χ3n) is 3.24. The number of carbonyl (C=O) groups excluding carboxylic acids is 1. The molecule has 0 radical (unpaired) electrons. The predicted octanol–water partition coefficient (Wildman–Crippen LogP) is 2.30. The van der Waals surface area contributed by atoms with Gasteiger partial charge in [0, 0.05) is 43.4 Å². The number of methoxy groups -OCH3 is 1. The van der Waals surface area contributed by atoms with E-state index in [1.54, 1.807) is 18.3 Å². The first-order valence-corrected chi connectivity index (χ1v) is 7.44. The van der Waals surface area contributed by atoms with Crippen LogP contribution in [0.5, 0.6) is 0 Å². The van der Waals surface area contributed by atoms with Crippen molar-refractivity contribution in [1.29, 1.82) is 0 Å². The molecule has 1 heterocycles. The summed E-state index contributed by atoms with van der Waals surface area (Å²) in [6.45, 7) is 1.57. The third-order valence-corrected chi connectivity index (χ3v) is 3.97. The number of esters is 1. The summed E-state index contributed by atoms with van der Waals surface area (Å²) in [6.07, 6.45) is 4.62. The van der Waals surface area contributed by atoms with Crippen LogP contribution in [0.1, 0.15) is 21.7 Å². The van der Waals surface area contributed by atoms with Crippen molar-refractivity contribution in [3.05, 3.63) is 52.0 Å². The number of aromatic nitrogens is 2. The van der Waals surface area contributed by atoms with Gasteiger partial charge in [0.15, 0.2) is 0 Å². The van der Waals surface area contributed by atoms with Crippen molar-refractivity contribution in [3.63, 3.8) is 0 Å². The molecular formula is C15H18BrN3O2. The van der Waals surface area contributed by atoms with E-state index in [-0.39, 0.29) is 5.97 Å². The van der Waals surface area contributed by atoms with Gasteiger partial charge in [0.2, 0.25) is 0 Å². The molecule has 0 saturated carbocycles. The fourth-order valence-corrected chi connectivity index (χ4v) is 2.52. The molecule has 1 N–H and O–H groups in total. The van der Waals surface area contributed by atoms with E-state index < -0.39 is 0 Å². The Hall–Kier alpha value is -1.66. The second kappa shape index (κ2) is 7.38. The molecule has 0 unspecified atom stereocenters. The average molecular weight is 352 g/mol. The summed E-state index contributed by atoms with van der Waals surface area (Å²) >= 11 is 3.48. The molecule has 0 aliphatic carbocycles. The van der Waals surface area contributed by atoms with Crippen molar-refractivity contribution >= 4 is 21.9 Å². The van der Waals surface area contributed by atoms with E-state index in [1.807, 2.05) is 23.9 Å². The lowest BCUT2D eigenvalue weighted by molar-refractivity contribution is 0.0600. The Bertz CT molecular complexity index is 625. The standard InChI is InChI=1S/C15H18BrN3O2/c1-19-8-7-18-14(19)5-6-17-10-12-4-3-11(9-13(12)16)15(20)21-2/h3-4,7-9,17H,5-6,10H2,1-2H3. The van der Waals surface area contributed by atoms with E-state index in [1.165, 1.54) is 7.11 Å². The molecule has 0 bridgehead atoms. The van der Waals surface area contributed by atoms with Crippen LogP contribution in [0.15, 0.2) is 35.1 Å². The first kappa shape index (κ1) is 15.7. The smallest absolute Gasteiger partial charge is 0.337 e. The number of aryl methyl sites for hydroxylation is 1. The molecule has 0 aliphatic rings. The number of hydrogen-bond donors (Lipinski definition) is 1. The number of carbonyl (C=O) groups is 1. The maximum Gasteiger partial charge on any atom is 0.337 e. The summed E-state index contributed by atoms with van der Waals surface area (Å²) in [5, 5.41) is 3.37. The number of rotatable bonds is 6. The Kier molecular flexibility index (Phi) is 5.52. The Labute approximate surface area is 132 Å². The van der Waals surface area contributed by atoms with Crippen LogP contribution in [-0.4, -0.2) is 29.2 Å². The molecule has 5 nitrogen and oxygen atoms in total. The van der Waals surface area contributed by atoms with Gasteiger partial charge < -0.3 is 14.6 Å². The Morgan fingerprint density at radius 3 is 2.90 bits per heavy atom. The highest BCUT2D eigenvalue weighted by molar-refractivity contribution is 9.10. The zero-order valence-electron chi connectivity index (χ0n) is 12.1. The maximum absolute atomic E-state index is 11.4. The highest BCUT2D eigenvalue weighted by Gasteiger charge is 2.08. The SMILES string of the molecule is COC(=O)c1ccc(CNCCc2nccn2C)c(Br)c1. The summed E-state index contributed by atoms with van der Waals surface area (Å²) in [6, 6.07) is 5.47. The maximum atomic E-state index is 11.4. The van der Waals surface area contributed by atoms with Crippen LogP contribution in [0.2, 0.25) is 0 Å². The Morgan fingerprint density at radius 2 is 2.29 bits per heavy atom. The fraction of sp³-hybridized carbons (Fsp3) is 0.333. The molecule has 1 aromatic carbocycles. The number of halogens is 1. The molecule has 21 heavy (non-hydrogen) atoms. The van der Waals surface area contributed by atoms with E-state index >= 15 is 0 Å². The minimum atomic E-state index is -0.329. The topological polar surface area (TPSA) is 56.1 Å². The molecule has 0 amide bonds. The van der Waals surface area contributed by atoms with Gasteiger partial charge in [-0.05, 0) is 17.7 Å². The van der Waals surface area contributed by atoms with Crippen LogP contribution >= 0.6 is 15.9 Å². The van der Waals surface area contributed by atoms with Gasteiger partial charge in [0.1, 0.15) is 5.82 Å². The summed E-state index contributed by atoms with van der Waals surface area (Å²) in [7, 11) is 3.37. The van der Waals surface area contributed by atoms with Crippen LogP contribution in [0.25, 0.3) is 0 Å². The monoisotopic (exact) mass is 351 g/mol. The molecule has 0 atom stereocenters. The summed E-state index contributed by atoms with van der Waals surface area (Å²) in [5.41, 5.74) is 1.64. The van der Waals surface area contributed by atoms with E-state index in [0.717, 1.165) is 35.4 Å². The van der Waals surface area contributed by atoms with Crippen LogP contribution in [0, 0.1) is 0 Å². The molecule has 112 valence electrons. The first-order valence-electron chi connectivity index (χ1n) is 6.65. The van der Waals surface area contributed by atoms with E-state index in [4.69, 9.17) is 4.74 Å². The first-order chi connectivity index (χ1) is 10.1. The van der Waals surface area contributed by atoms with Crippen LogP contribution < -0.4 is 5.32 Å². The van der Waals surface area contributed by atoms with Crippen molar-refractivity contribution in [2.75, 3.05) is 13.7 Å². The van der Waals surface area contributed by atoms with Crippen LogP contribution in [0.3, 0.4) is 0 Å². The minimum absolute atomic E-state index is 0.329. The van der Waals surface area contributed by atoms with Crippen LogP contribution in [0.4, 0.5) is 0 Å². The largest absolute Gasteiger partial charge is 0.465 e. The number of nitrogens with zero attached hydrogens (tertiary/aromatic N) is 2. The van der Waals surface area contributed by atoms with Gasteiger partial charge in [-0.25, -0.2) is 9.78 Å². The van der Waals surface area contributed by atoms with Gasteiger partial charge in [-0.2, -0.15) is 0 Å². The predicted molar refractivity (Wildman–Crippen MR) is 84.1 cm³/mol. The normalized spacial score (nSPS) is 10.6. The molecule has 0 saturated heterocycles. The molecule has 2 rings (SSSR count). The van der Waals surface area contributed by atoms with E-state index in [2.05, 4.69) is 26.2 Å².